The fraction of sp³-hybridized carbons (Fsp3) is 0.579. The Kier molecular flexibility index (Phi) is 8.00. The number of ether oxygens (including phenoxy) is 1. The SMILES string of the molecule is Cl.NC1CCCC(C(=O)N2CCN(C(=O)c3ccccc3OC(F)F)CC2)C1. The maximum absolute atomic E-state index is 12.7. The Morgan fingerprint density at radius 3 is 2.36 bits per heavy atom. The van der Waals surface area contributed by atoms with E-state index in [1.165, 1.54) is 12.1 Å². The standard InChI is InChI=1S/C19H25F2N3O3.ClH/c20-19(21)27-16-7-2-1-6-15(16)18(26)24-10-8-23(9-11-24)17(25)13-4-3-5-14(22)12-13;/h1-2,6-7,13-14,19H,3-5,8-12,22H2;1H. The average molecular weight is 418 g/mol. The fourth-order valence-electron chi connectivity index (χ4n) is 3.85. The minimum atomic E-state index is -2.99. The summed E-state index contributed by atoms with van der Waals surface area (Å²) in [5, 5.41) is 0. The third-order valence-corrected chi connectivity index (χ3v) is 5.28. The van der Waals surface area contributed by atoms with E-state index in [0.29, 0.717) is 26.2 Å². The van der Waals surface area contributed by atoms with Gasteiger partial charge in [-0.3, -0.25) is 9.59 Å². The number of alkyl halides is 2. The lowest BCUT2D eigenvalue weighted by Gasteiger charge is -2.38. The van der Waals surface area contributed by atoms with Crippen molar-refractivity contribution in [1.29, 1.82) is 0 Å². The molecule has 2 fully saturated rings. The van der Waals surface area contributed by atoms with Gasteiger partial charge in [-0.1, -0.05) is 18.6 Å². The second-order valence-corrected chi connectivity index (χ2v) is 7.12. The number of rotatable bonds is 4. The molecule has 1 saturated carbocycles. The molecule has 2 atom stereocenters. The zero-order chi connectivity index (χ0) is 19.4. The van der Waals surface area contributed by atoms with Gasteiger partial charge >= 0.3 is 6.61 Å². The van der Waals surface area contributed by atoms with Gasteiger partial charge in [-0.15, -0.1) is 12.4 Å². The van der Waals surface area contributed by atoms with E-state index in [-0.39, 0.29) is 47.5 Å². The zero-order valence-electron chi connectivity index (χ0n) is 15.6. The van der Waals surface area contributed by atoms with Gasteiger partial charge in [-0.2, -0.15) is 8.78 Å². The molecular weight excluding hydrogens is 392 g/mol. The maximum Gasteiger partial charge on any atom is 0.387 e. The molecule has 0 bridgehead atoms. The summed E-state index contributed by atoms with van der Waals surface area (Å²) in [6.07, 6.45) is 3.52. The molecule has 3 rings (SSSR count). The summed E-state index contributed by atoms with van der Waals surface area (Å²) in [5.74, 6) is -0.417. The van der Waals surface area contributed by atoms with Crippen LogP contribution < -0.4 is 10.5 Å². The second kappa shape index (κ2) is 10.0. The van der Waals surface area contributed by atoms with Crippen LogP contribution >= 0.6 is 12.4 Å². The molecule has 6 nitrogen and oxygen atoms in total. The van der Waals surface area contributed by atoms with Crippen molar-refractivity contribution < 1.29 is 23.1 Å². The fourth-order valence-corrected chi connectivity index (χ4v) is 3.85. The number of benzene rings is 1. The first-order valence-electron chi connectivity index (χ1n) is 9.33. The van der Waals surface area contributed by atoms with Crippen molar-refractivity contribution >= 4 is 24.2 Å². The van der Waals surface area contributed by atoms with E-state index >= 15 is 0 Å². The van der Waals surface area contributed by atoms with Crippen LogP contribution in [-0.4, -0.2) is 60.4 Å². The number of hydrogen-bond donors (Lipinski definition) is 1. The summed E-state index contributed by atoms with van der Waals surface area (Å²) in [5.41, 5.74) is 6.09. The molecule has 2 unspecified atom stereocenters. The highest BCUT2D eigenvalue weighted by Gasteiger charge is 2.32. The van der Waals surface area contributed by atoms with Crippen molar-refractivity contribution in [3.8, 4) is 5.75 Å². The van der Waals surface area contributed by atoms with Crippen molar-refractivity contribution in [2.45, 2.75) is 38.3 Å². The molecule has 2 aliphatic rings. The van der Waals surface area contributed by atoms with Gasteiger partial charge in [0.2, 0.25) is 5.91 Å². The van der Waals surface area contributed by atoms with Gasteiger partial charge in [0, 0.05) is 38.1 Å². The number of carbonyl (C=O) groups is 2. The Morgan fingerprint density at radius 1 is 1.07 bits per heavy atom. The maximum atomic E-state index is 12.7. The Hall–Kier alpha value is -1.93. The topological polar surface area (TPSA) is 75.9 Å². The minimum absolute atomic E-state index is 0. The summed E-state index contributed by atoms with van der Waals surface area (Å²) in [6.45, 7) is -1.38. The highest BCUT2D eigenvalue weighted by Crippen LogP contribution is 2.26. The van der Waals surface area contributed by atoms with Gasteiger partial charge in [0.05, 0.1) is 5.56 Å². The largest absolute Gasteiger partial charge is 0.434 e. The van der Waals surface area contributed by atoms with E-state index in [1.807, 2.05) is 0 Å². The highest BCUT2D eigenvalue weighted by atomic mass is 35.5. The van der Waals surface area contributed by atoms with Crippen LogP contribution in [0.3, 0.4) is 0 Å². The summed E-state index contributed by atoms with van der Waals surface area (Å²) in [6, 6.07) is 6.06. The van der Waals surface area contributed by atoms with Crippen molar-refractivity contribution in [2.75, 3.05) is 26.2 Å². The second-order valence-electron chi connectivity index (χ2n) is 7.12. The number of para-hydroxylation sites is 1. The van der Waals surface area contributed by atoms with Gasteiger partial charge in [0.1, 0.15) is 5.75 Å². The van der Waals surface area contributed by atoms with Crippen LogP contribution in [-0.2, 0) is 4.79 Å². The third kappa shape index (κ3) is 5.32. The lowest BCUT2D eigenvalue weighted by molar-refractivity contribution is -0.138. The highest BCUT2D eigenvalue weighted by molar-refractivity contribution is 5.97. The molecule has 1 aliphatic carbocycles. The van der Waals surface area contributed by atoms with Crippen molar-refractivity contribution in [1.82, 2.24) is 9.80 Å². The molecule has 1 saturated heterocycles. The quantitative estimate of drug-likeness (QED) is 0.816. The molecule has 0 radical (unpaired) electrons. The predicted molar refractivity (Wildman–Crippen MR) is 103 cm³/mol. The molecule has 1 aromatic carbocycles. The van der Waals surface area contributed by atoms with E-state index in [0.717, 1.165) is 25.7 Å². The Bertz CT molecular complexity index is 684. The Labute approximate surface area is 169 Å². The summed E-state index contributed by atoms with van der Waals surface area (Å²) in [7, 11) is 0. The average Bonchev–Trinajstić information content (AvgIpc) is 2.67. The van der Waals surface area contributed by atoms with E-state index in [9.17, 15) is 18.4 Å². The smallest absolute Gasteiger partial charge is 0.387 e. The monoisotopic (exact) mass is 417 g/mol. The number of nitrogens with two attached hydrogens (primary N) is 1. The molecular formula is C19H26ClF2N3O3. The first-order chi connectivity index (χ1) is 13.0. The van der Waals surface area contributed by atoms with Gasteiger partial charge in [0.15, 0.2) is 0 Å². The first-order valence-corrected chi connectivity index (χ1v) is 9.33. The first kappa shape index (κ1) is 22.4. The zero-order valence-corrected chi connectivity index (χ0v) is 16.4. The number of carbonyl (C=O) groups excluding carboxylic acids is 2. The molecule has 9 heteroatoms. The van der Waals surface area contributed by atoms with Crippen LogP contribution in [0, 0.1) is 5.92 Å². The molecule has 28 heavy (non-hydrogen) atoms. The van der Waals surface area contributed by atoms with Gasteiger partial charge < -0.3 is 20.3 Å². The number of amides is 2. The van der Waals surface area contributed by atoms with Crippen molar-refractivity contribution in [2.24, 2.45) is 11.7 Å². The molecule has 1 aliphatic heterocycles. The van der Waals surface area contributed by atoms with Crippen molar-refractivity contribution in [3.05, 3.63) is 29.8 Å². The lowest BCUT2D eigenvalue weighted by Crippen LogP contribution is -2.52. The normalized spacial score (nSPS) is 22.6. The van der Waals surface area contributed by atoms with Crippen molar-refractivity contribution in [3.63, 3.8) is 0 Å². The number of nitrogens with zero attached hydrogens (tertiary/aromatic N) is 2. The minimum Gasteiger partial charge on any atom is -0.434 e. The van der Waals surface area contributed by atoms with Gasteiger partial charge in [0.25, 0.3) is 5.91 Å². The van der Waals surface area contributed by atoms with Crippen LogP contribution in [0.4, 0.5) is 8.78 Å². The summed E-state index contributed by atoms with van der Waals surface area (Å²) >= 11 is 0. The summed E-state index contributed by atoms with van der Waals surface area (Å²) < 4.78 is 29.5. The van der Waals surface area contributed by atoms with Crippen LogP contribution in [0.2, 0.25) is 0 Å². The van der Waals surface area contributed by atoms with Crippen LogP contribution in [0.1, 0.15) is 36.0 Å². The number of hydrogen-bond acceptors (Lipinski definition) is 4. The molecule has 0 spiro atoms. The molecule has 1 aromatic rings. The third-order valence-electron chi connectivity index (χ3n) is 5.28. The Balaban J connectivity index is 0.00000280. The van der Waals surface area contributed by atoms with Crippen LogP contribution in [0.25, 0.3) is 0 Å². The predicted octanol–water partition coefficient (Wildman–Crippen LogP) is 2.51. The van der Waals surface area contributed by atoms with Crippen LogP contribution in [0.5, 0.6) is 5.75 Å². The van der Waals surface area contributed by atoms with Gasteiger partial charge in [-0.25, -0.2) is 0 Å². The molecule has 2 amide bonds. The molecule has 1 heterocycles. The summed E-state index contributed by atoms with van der Waals surface area (Å²) in [4.78, 5) is 28.7. The van der Waals surface area contributed by atoms with Crippen LogP contribution in [0.15, 0.2) is 24.3 Å². The molecule has 156 valence electrons. The van der Waals surface area contributed by atoms with E-state index in [1.54, 1.807) is 21.9 Å². The molecule has 2 N–H and O–H groups in total. The van der Waals surface area contributed by atoms with E-state index in [2.05, 4.69) is 4.74 Å². The van der Waals surface area contributed by atoms with E-state index in [4.69, 9.17) is 5.73 Å². The Morgan fingerprint density at radius 2 is 1.71 bits per heavy atom. The number of piperazine rings is 1. The number of halogens is 3. The van der Waals surface area contributed by atoms with Gasteiger partial charge in [-0.05, 0) is 31.4 Å². The lowest BCUT2D eigenvalue weighted by atomic mass is 9.85. The van der Waals surface area contributed by atoms with E-state index < -0.39 is 6.61 Å². The molecule has 0 aromatic heterocycles.